The largest absolute Gasteiger partial charge is 0.418 e. The molecule has 37 heavy (non-hydrogen) atoms. The third-order valence-electron chi connectivity index (χ3n) is 7.19. The molecule has 0 aromatic heterocycles. The van der Waals surface area contributed by atoms with Gasteiger partial charge in [0.1, 0.15) is 5.82 Å². The van der Waals surface area contributed by atoms with Crippen molar-refractivity contribution in [1.82, 2.24) is 5.32 Å². The van der Waals surface area contributed by atoms with Crippen LogP contribution in [-0.2, 0) is 22.7 Å². The van der Waals surface area contributed by atoms with Gasteiger partial charge in [-0.15, -0.1) is 0 Å². The first-order valence-corrected chi connectivity index (χ1v) is 14.7. The fourth-order valence-electron chi connectivity index (χ4n) is 5.26. The van der Waals surface area contributed by atoms with E-state index in [4.69, 9.17) is 9.79 Å². The zero-order valence-corrected chi connectivity index (χ0v) is 21.9. The maximum absolute atomic E-state index is 13.7. The molecule has 0 aliphatic heterocycles. The summed E-state index contributed by atoms with van der Waals surface area (Å²) in [4.78, 5) is 17.7. The van der Waals surface area contributed by atoms with Crippen molar-refractivity contribution in [1.29, 1.82) is 0 Å². The molecule has 1 aliphatic rings. The van der Waals surface area contributed by atoms with E-state index in [2.05, 4.69) is 10.6 Å². The summed E-state index contributed by atoms with van der Waals surface area (Å²) < 4.78 is 65.5. The van der Waals surface area contributed by atoms with Crippen LogP contribution in [0.2, 0.25) is 0 Å². The van der Waals surface area contributed by atoms with E-state index < -0.39 is 19.3 Å². The Kier molecular flexibility index (Phi) is 10.6. The summed E-state index contributed by atoms with van der Waals surface area (Å²) in [6, 6.07) is 11.0. The van der Waals surface area contributed by atoms with E-state index in [1.807, 2.05) is 12.1 Å². The second-order valence-corrected chi connectivity index (χ2v) is 11.8. The van der Waals surface area contributed by atoms with Crippen LogP contribution in [0, 0.1) is 5.82 Å². The molecular weight excluding hydrogens is 507 g/mol. The second-order valence-electron chi connectivity index (χ2n) is 10.0. The minimum absolute atomic E-state index is 0.0169. The zero-order chi connectivity index (χ0) is 26.9. The number of rotatable bonds is 13. The highest BCUT2D eigenvalue weighted by molar-refractivity contribution is 7.51. The topological polar surface area (TPSA) is 81.6 Å². The summed E-state index contributed by atoms with van der Waals surface area (Å²) in [5.74, 6) is -0.249. The number of nitrogens with one attached hydrogen (secondary N) is 2. The SMILES string of the molecule is O=P(O)(O)CCCNCc1ccc(NCCCCC2(c3ccc(F)cc3)CCCCC2)c(C(F)(F)F)c1. The van der Waals surface area contributed by atoms with Gasteiger partial charge in [0.25, 0.3) is 0 Å². The predicted molar refractivity (Wildman–Crippen MR) is 138 cm³/mol. The Morgan fingerprint density at radius 2 is 1.62 bits per heavy atom. The van der Waals surface area contributed by atoms with Crippen molar-refractivity contribution in [3.8, 4) is 0 Å². The molecule has 10 heteroatoms. The molecule has 4 N–H and O–H groups in total. The number of alkyl halides is 3. The minimum atomic E-state index is -4.51. The van der Waals surface area contributed by atoms with Crippen LogP contribution >= 0.6 is 7.60 Å². The fourth-order valence-corrected chi connectivity index (χ4v) is 5.83. The van der Waals surface area contributed by atoms with E-state index in [0.29, 0.717) is 18.7 Å². The molecule has 206 valence electrons. The van der Waals surface area contributed by atoms with Crippen LogP contribution in [0.1, 0.15) is 74.5 Å². The first kappa shape index (κ1) is 29.6. The highest BCUT2D eigenvalue weighted by Gasteiger charge is 2.34. The van der Waals surface area contributed by atoms with Gasteiger partial charge in [-0.1, -0.05) is 43.9 Å². The fraction of sp³-hybridized carbons (Fsp3) is 0.556. The van der Waals surface area contributed by atoms with Gasteiger partial charge in [0.2, 0.25) is 0 Å². The lowest BCUT2D eigenvalue weighted by Gasteiger charge is -2.38. The summed E-state index contributed by atoms with van der Waals surface area (Å²) in [5.41, 5.74) is 0.948. The van der Waals surface area contributed by atoms with E-state index in [-0.39, 0.29) is 36.0 Å². The molecule has 1 fully saturated rings. The molecule has 2 aromatic rings. The van der Waals surface area contributed by atoms with Gasteiger partial charge in [0.05, 0.1) is 11.7 Å². The van der Waals surface area contributed by atoms with Crippen molar-refractivity contribution < 1.29 is 31.9 Å². The average Bonchev–Trinajstić information content (AvgIpc) is 2.84. The molecule has 0 radical (unpaired) electrons. The monoisotopic (exact) mass is 544 g/mol. The number of unbranched alkanes of at least 4 members (excludes halogenated alkanes) is 1. The Morgan fingerprint density at radius 1 is 0.919 bits per heavy atom. The lowest BCUT2D eigenvalue weighted by molar-refractivity contribution is -0.137. The molecule has 0 unspecified atom stereocenters. The number of anilines is 1. The number of halogens is 4. The summed E-state index contributed by atoms with van der Waals surface area (Å²) >= 11 is 0. The van der Waals surface area contributed by atoms with Gasteiger partial charge in [-0.05, 0) is 79.5 Å². The maximum atomic E-state index is 13.7. The van der Waals surface area contributed by atoms with Gasteiger partial charge in [0, 0.05) is 18.8 Å². The van der Waals surface area contributed by atoms with Crippen molar-refractivity contribution in [3.05, 3.63) is 65.0 Å². The van der Waals surface area contributed by atoms with E-state index in [1.54, 1.807) is 6.07 Å². The Morgan fingerprint density at radius 3 is 2.27 bits per heavy atom. The number of hydrogen-bond acceptors (Lipinski definition) is 3. The van der Waals surface area contributed by atoms with Crippen molar-refractivity contribution in [2.24, 2.45) is 0 Å². The van der Waals surface area contributed by atoms with Gasteiger partial charge >= 0.3 is 13.8 Å². The molecule has 0 spiro atoms. The molecule has 2 aromatic carbocycles. The Labute approximate surface area is 216 Å². The van der Waals surface area contributed by atoms with Crippen LogP contribution in [0.15, 0.2) is 42.5 Å². The van der Waals surface area contributed by atoms with Crippen molar-refractivity contribution >= 4 is 13.3 Å². The molecule has 0 amide bonds. The van der Waals surface area contributed by atoms with Crippen molar-refractivity contribution in [2.45, 2.75) is 75.9 Å². The van der Waals surface area contributed by atoms with Crippen LogP contribution in [0.25, 0.3) is 0 Å². The summed E-state index contributed by atoms with van der Waals surface area (Å²) in [6.07, 6.45) is 3.56. The van der Waals surface area contributed by atoms with E-state index in [1.165, 1.54) is 24.6 Å². The van der Waals surface area contributed by atoms with Gasteiger partial charge in [-0.25, -0.2) is 4.39 Å². The normalized spacial score (nSPS) is 16.1. The quantitative estimate of drug-likeness (QED) is 0.124. The Hall–Kier alpha value is -1.93. The van der Waals surface area contributed by atoms with Crippen LogP contribution < -0.4 is 10.6 Å². The van der Waals surface area contributed by atoms with Crippen LogP contribution in [-0.4, -0.2) is 29.0 Å². The second kappa shape index (κ2) is 13.2. The third-order valence-corrected chi connectivity index (χ3v) is 8.09. The smallest absolute Gasteiger partial charge is 0.385 e. The minimum Gasteiger partial charge on any atom is -0.385 e. The first-order chi connectivity index (χ1) is 17.5. The first-order valence-electron chi connectivity index (χ1n) is 12.9. The predicted octanol–water partition coefficient (Wildman–Crippen LogP) is 6.99. The zero-order valence-electron chi connectivity index (χ0n) is 21.0. The van der Waals surface area contributed by atoms with Gasteiger partial charge in [-0.2, -0.15) is 13.2 Å². The highest BCUT2D eigenvalue weighted by Crippen LogP contribution is 2.43. The molecule has 3 rings (SSSR count). The number of benzene rings is 2. The van der Waals surface area contributed by atoms with Gasteiger partial charge in [-0.3, -0.25) is 4.57 Å². The molecule has 0 atom stereocenters. The molecule has 5 nitrogen and oxygen atoms in total. The van der Waals surface area contributed by atoms with Crippen LogP contribution in [0.4, 0.5) is 23.2 Å². The van der Waals surface area contributed by atoms with Gasteiger partial charge < -0.3 is 20.4 Å². The van der Waals surface area contributed by atoms with Crippen LogP contribution in [0.3, 0.4) is 0 Å². The van der Waals surface area contributed by atoms with E-state index in [9.17, 15) is 22.1 Å². The maximum Gasteiger partial charge on any atom is 0.418 e. The lowest BCUT2D eigenvalue weighted by Crippen LogP contribution is -2.29. The summed E-state index contributed by atoms with van der Waals surface area (Å²) in [6.45, 7) is 0.893. The molecule has 1 saturated carbocycles. The number of hydrogen-bond donors (Lipinski definition) is 4. The van der Waals surface area contributed by atoms with E-state index >= 15 is 0 Å². The molecule has 0 saturated heterocycles. The molecule has 1 aliphatic carbocycles. The standard InChI is InChI=1S/C27H37F4N2O3P/c28-23-10-8-22(9-11-23)26(13-2-1-3-14-26)15-4-5-17-33-25-12-7-21(19-24(25)27(29,30)31)20-32-16-6-18-37(34,35)36/h7-12,19,32-33H,1-6,13-18,20H2,(H2,34,35,36). The van der Waals surface area contributed by atoms with Crippen LogP contribution in [0.5, 0.6) is 0 Å². The van der Waals surface area contributed by atoms with Crippen molar-refractivity contribution in [3.63, 3.8) is 0 Å². The summed E-state index contributed by atoms with van der Waals surface area (Å²) in [7, 11) is -4.07. The van der Waals surface area contributed by atoms with Gasteiger partial charge in [0.15, 0.2) is 0 Å². The molecule has 0 heterocycles. The molecular formula is C27H37F4N2O3P. The Bertz CT molecular complexity index is 1030. The molecule has 0 bridgehead atoms. The lowest BCUT2D eigenvalue weighted by atomic mass is 9.67. The van der Waals surface area contributed by atoms with E-state index in [0.717, 1.165) is 56.6 Å². The summed E-state index contributed by atoms with van der Waals surface area (Å²) in [5, 5.41) is 5.89. The highest BCUT2D eigenvalue weighted by atomic mass is 31.2. The average molecular weight is 545 g/mol. The Balaban J connectivity index is 1.53. The van der Waals surface area contributed by atoms with Crippen molar-refractivity contribution in [2.75, 3.05) is 24.6 Å². The third kappa shape index (κ3) is 9.40.